The molecule has 0 bridgehead atoms. The molecule has 0 saturated carbocycles. The van der Waals surface area contributed by atoms with Gasteiger partial charge in [-0.1, -0.05) is 47.5 Å². The topological polar surface area (TPSA) is 156 Å². The lowest BCUT2D eigenvalue weighted by Crippen LogP contribution is -2.50. The van der Waals surface area contributed by atoms with E-state index in [1.165, 1.54) is 9.08 Å². The summed E-state index contributed by atoms with van der Waals surface area (Å²) in [5.41, 5.74) is 4.69. The first-order valence-corrected chi connectivity index (χ1v) is 16.9. The summed E-state index contributed by atoms with van der Waals surface area (Å²) in [6.07, 6.45) is 4.72. The predicted octanol–water partition coefficient (Wildman–Crippen LogP) is 4.02. The Bertz CT molecular complexity index is 2200. The Hall–Kier alpha value is -4.82. The second kappa shape index (κ2) is 13.8. The number of hydrogen-bond donors (Lipinski definition) is 3. The van der Waals surface area contributed by atoms with E-state index in [-0.39, 0.29) is 17.5 Å². The van der Waals surface area contributed by atoms with E-state index in [9.17, 15) is 19.5 Å². The number of halogens is 2. The van der Waals surface area contributed by atoms with Gasteiger partial charge in [0.25, 0.3) is 5.56 Å². The summed E-state index contributed by atoms with van der Waals surface area (Å²) >= 11 is 14.1. The van der Waals surface area contributed by atoms with Crippen molar-refractivity contribution in [1.82, 2.24) is 39.7 Å². The zero-order valence-corrected chi connectivity index (χ0v) is 28.8. The maximum atomic E-state index is 13.3. The standard InChI is InChI=1S/C35H34Cl2N8O5/c1-43-28(18-44-15-21(16-44)35(48)49)42-45-17-20(12-27(45)34(43)47)32-31(37)24(10-11-39-32)23-4-3-5-25(30(23)36)26-8-6-19(33(41-26)50-2)13-38-14-22-7-9-29(46)40-22/h3-6,8,10-12,17,21-22,38H,7,9,13-16,18H2,1-2H3,(H,40,46)(H,48,49)/t22-/m1/s1. The Morgan fingerprint density at radius 1 is 1.10 bits per heavy atom. The monoisotopic (exact) mass is 716 g/mol. The fourth-order valence-corrected chi connectivity index (χ4v) is 7.08. The molecule has 15 heteroatoms. The highest BCUT2D eigenvalue weighted by molar-refractivity contribution is 6.39. The number of aromatic nitrogens is 5. The van der Waals surface area contributed by atoms with Gasteiger partial charge in [-0.3, -0.25) is 28.8 Å². The first kappa shape index (κ1) is 33.7. The molecule has 2 aliphatic rings. The summed E-state index contributed by atoms with van der Waals surface area (Å²) in [5.74, 6) is -0.168. The molecular formula is C35H34Cl2N8O5. The van der Waals surface area contributed by atoms with Crippen LogP contribution in [0.25, 0.3) is 39.2 Å². The van der Waals surface area contributed by atoms with Gasteiger partial charge in [-0.25, -0.2) is 9.50 Å². The largest absolute Gasteiger partial charge is 0.481 e. The van der Waals surface area contributed by atoms with Crippen LogP contribution in [0.4, 0.5) is 0 Å². The number of amides is 1. The summed E-state index contributed by atoms with van der Waals surface area (Å²) in [4.78, 5) is 47.3. The highest BCUT2D eigenvalue weighted by atomic mass is 35.5. The number of fused-ring (bicyclic) bond motifs is 1. The first-order valence-electron chi connectivity index (χ1n) is 16.1. The van der Waals surface area contributed by atoms with Gasteiger partial charge in [0.15, 0.2) is 0 Å². The third-order valence-corrected chi connectivity index (χ3v) is 10.0. The lowest BCUT2D eigenvalue weighted by molar-refractivity contribution is -0.147. The summed E-state index contributed by atoms with van der Waals surface area (Å²) in [6, 6.07) is 13.1. The van der Waals surface area contributed by atoms with Gasteiger partial charge in [0.05, 0.1) is 41.0 Å². The number of aliphatic carboxylic acids is 1. The number of nitrogens with one attached hydrogen (secondary N) is 2. The number of likely N-dealkylation sites (tertiary alicyclic amines) is 1. The van der Waals surface area contributed by atoms with Crippen LogP contribution in [-0.4, -0.2) is 78.8 Å². The summed E-state index contributed by atoms with van der Waals surface area (Å²) < 4.78 is 8.62. The number of methoxy groups -OCH3 is 1. The van der Waals surface area contributed by atoms with Gasteiger partial charge in [-0.2, -0.15) is 5.10 Å². The molecule has 6 heterocycles. The van der Waals surface area contributed by atoms with Crippen LogP contribution in [0.15, 0.2) is 59.7 Å². The van der Waals surface area contributed by atoms with Crippen molar-refractivity contribution in [2.45, 2.75) is 32.0 Å². The number of ether oxygens (including phenoxy) is 1. The van der Waals surface area contributed by atoms with Gasteiger partial charge >= 0.3 is 5.97 Å². The fourth-order valence-electron chi connectivity index (χ4n) is 6.43. The highest BCUT2D eigenvalue weighted by Gasteiger charge is 2.33. The zero-order valence-electron chi connectivity index (χ0n) is 27.3. The van der Waals surface area contributed by atoms with E-state index < -0.39 is 11.9 Å². The molecule has 0 aliphatic carbocycles. The minimum atomic E-state index is -0.822. The van der Waals surface area contributed by atoms with Crippen LogP contribution in [0.1, 0.15) is 24.2 Å². The Kier molecular flexibility index (Phi) is 9.31. The van der Waals surface area contributed by atoms with E-state index in [4.69, 9.17) is 32.9 Å². The minimum absolute atomic E-state index is 0.0825. The summed E-state index contributed by atoms with van der Waals surface area (Å²) in [5, 5.41) is 21.0. The number of carboxylic acids is 1. The maximum absolute atomic E-state index is 13.3. The number of carbonyl (C=O) groups excluding carboxylic acids is 1. The van der Waals surface area contributed by atoms with E-state index in [1.807, 2.05) is 35.2 Å². The van der Waals surface area contributed by atoms with E-state index >= 15 is 0 Å². The van der Waals surface area contributed by atoms with Crippen molar-refractivity contribution >= 4 is 40.6 Å². The van der Waals surface area contributed by atoms with E-state index in [0.29, 0.717) is 100 Å². The second-order valence-electron chi connectivity index (χ2n) is 12.6. The third kappa shape index (κ3) is 6.44. The number of rotatable bonds is 11. The quantitative estimate of drug-likeness (QED) is 0.183. The van der Waals surface area contributed by atoms with Gasteiger partial charge in [0.2, 0.25) is 11.8 Å². The van der Waals surface area contributed by atoms with Crippen molar-refractivity contribution in [3.8, 4) is 39.5 Å². The molecule has 1 atom stereocenters. The summed E-state index contributed by atoms with van der Waals surface area (Å²) in [6.45, 7) is 2.35. The molecule has 50 heavy (non-hydrogen) atoms. The van der Waals surface area contributed by atoms with Crippen LogP contribution in [-0.2, 0) is 29.7 Å². The normalized spacial score (nSPS) is 16.5. The van der Waals surface area contributed by atoms with Crippen molar-refractivity contribution < 1.29 is 19.4 Å². The van der Waals surface area contributed by atoms with Crippen LogP contribution in [0.3, 0.4) is 0 Å². The van der Waals surface area contributed by atoms with Crippen molar-refractivity contribution in [3.05, 3.63) is 86.6 Å². The number of hydrogen-bond acceptors (Lipinski definition) is 9. The maximum Gasteiger partial charge on any atom is 0.309 e. The Morgan fingerprint density at radius 3 is 2.62 bits per heavy atom. The smallest absolute Gasteiger partial charge is 0.309 e. The van der Waals surface area contributed by atoms with Crippen molar-refractivity contribution in [3.63, 3.8) is 0 Å². The molecule has 13 nitrogen and oxygen atoms in total. The Balaban J connectivity index is 1.15. The minimum Gasteiger partial charge on any atom is -0.481 e. The van der Waals surface area contributed by atoms with Gasteiger partial charge in [-0.05, 0) is 24.6 Å². The summed E-state index contributed by atoms with van der Waals surface area (Å²) in [7, 11) is 3.23. The molecule has 0 radical (unpaired) electrons. The molecule has 4 aromatic heterocycles. The Morgan fingerprint density at radius 2 is 1.88 bits per heavy atom. The lowest BCUT2D eigenvalue weighted by Gasteiger charge is -2.36. The number of carboxylic acid groups (broad SMARTS) is 1. The number of nitrogens with zero attached hydrogens (tertiary/aromatic N) is 6. The average Bonchev–Trinajstić information content (AvgIpc) is 3.71. The van der Waals surface area contributed by atoms with Crippen molar-refractivity contribution in [1.29, 1.82) is 0 Å². The SMILES string of the molecule is COc1nc(-c2cccc(-c3ccnc(-c4cc5c(=O)n(C)c(CN6CC(C(=O)O)C6)nn5c4)c3Cl)c2Cl)ccc1CNC[C@H]1CCC(=O)N1. The molecule has 2 saturated heterocycles. The number of carbonyl (C=O) groups is 2. The average molecular weight is 718 g/mol. The molecule has 0 spiro atoms. The molecular weight excluding hydrogens is 683 g/mol. The molecule has 3 N–H and O–H groups in total. The predicted molar refractivity (Wildman–Crippen MR) is 188 cm³/mol. The number of pyridine rings is 2. The number of benzene rings is 1. The van der Waals surface area contributed by atoms with Crippen LogP contribution in [0.5, 0.6) is 5.88 Å². The van der Waals surface area contributed by atoms with Gasteiger partial charge in [0, 0.05) is 85.9 Å². The highest BCUT2D eigenvalue weighted by Crippen LogP contribution is 2.41. The molecule has 258 valence electrons. The second-order valence-corrected chi connectivity index (χ2v) is 13.3. The van der Waals surface area contributed by atoms with Gasteiger partial charge in [-0.15, -0.1) is 0 Å². The first-order chi connectivity index (χ1) is 24.1. The van der Waals surface area contributed by atoms with Crippen LogP contribution >= 0.6 is 23.2 Å². The zero-order chi connectivity index (χ0) is 35.1. The van der Waals surface area contributed by atoms with Gasteiger partial charge < -0.3 is 20.5 Å². The third-order valence-electron chi connectivity index (χ3n) is 9.26. The van der Waals surface area contributed by atoms with Gasteiger partial charge in [0.1, 0.15) is 11.3 Å². The molecule has 7 rings (SSSR count). The van der Waals surface area contributed by atoms with Crippen LogP contribution in [0.2, 0.25) is 10.0 Å². The molecule has 1 amide bonds. The van der Waals surface area contributed by atoms with Crippen LogP contribution in [0, 0.1) is 5.92 Å². The molecule has 0 unspecified atom stereocenters. The molecule has 5 aromatic rings. The van der Waals surface area contributed by atoms with E-state index in [1.54, 1.807) is 38.7 Å². The van der Waals surface area contributed by atoms with E-state index in [2.05, 4.69) is 20.7 Å². The van der Waals surface area contributed by atoms with Crippen molar-refractivity contribution in [2.75, 3.05) is 26.7 Å². The molecule has 2 aliphatic heterocycles. The molecule has 2 fully saturated rings. The van der Waals surface area contributed by atoms with Crippen molar-refractivity contribution in [2.24, 2.45) is 13.0 Å². The molecule has 1 aromatic carbocycles. The van der Waals surface area contributed by atoms with Crippen LogP contribution < -0.4 is 20.9 Å². The Labute approximate surface area is 296 Å². The van der Waals surface area contributed by atoms with E-state index in [0.717, 1.165) is 12.0 Å². The fraction of sp³-hybridized carbons (Fsp3) is 0.314. The lowest BCUT2D eigenvalue weighted by atomic mass is 10.00.